The number of rotatable bonds is 8. The van der Waals surface area contributed by atoms with Gasteiger partial charge < -0.3 is 29.2 Å². The van der Waals surface area contributed by atoms with Gasteiger partial charge in [-0.05, 0) is 81.7 Å². The van der Waals surface area contributed by atoms with Crippen molar-refractivity contribution in [3.8, 4) is 28.6 Å². The summed E-state index contributed by atoms with van der Waals surface area (Å²) in [5, 5.41) is 20.7. The molecule has 0 amide bonds. The van der Waals surface area contributed by atoms with Crippen molar-refractivity contribution >= 4 is 16.7 Å². The molecular formula is C26H32N2O5. The summed E-state index contributed by atoms with van der Waals surface area (Å²) in [6, 6.07) is 10.3. The molecule has 0 aliphatic carbocycles. The highest BCUT2D eigenvalue weighted by Crippen LogP contribution is 2.38. The van der Waals surface area contributed by atoms with Gasteiger partial charge in [0.25, 0.3) is 0 Å². The van der Waals surface area contributed by atoms with Gasteiger partial charge in [0.1, 0.15) is 0 Å². The number of likely N-dealkylation sites (tertiary alicyclic amines) is 1. The first-order valence-corrected chi connectivity index (χ1v) is 11.6. The molecule has 1 aliphatic heterocycles. The van der Waals surface area contributed by atoms with Gasteiger partial charge in [0.2, 0.25) is 16.9 Å². The van der Waals surface area contributed by atoms with Gasteiger partial charge in [0.15, 0.2) is 17.1 Å². The molecule has 0 atom stereocenters. The van der Waals surface area contributed by atoms with Gasteiger partial charge in [-0.1, -0.05) is 6.42 Å². The van der Waals surface area contributed by atoms with Crippen molar-refractivity contribution in [1.29, 1.82) is 0 Å². The number of phenolic OH excluding ortho intramolecular Hbond substituents is 1. The smallest absolute Gasteiger partial charge is 0.235 e. The van der Waals surface area contributed by atoms with Crippen LogP contribution in [0.15, 0.2) is 45.6 Å². The van der Waals surface area contributed by atoms with E-state index in [1.54, 1.807) is 0 Å². The number of piperidine rings is 1. The lowest BCUT2D eigenvalue weighted by atomic mass is 10.1. The van der Waals surface area contributed by atoms with Crippen LogP contribution in [0.3, 0.4) is 0 Å². The summed E-state index contributed by atoms with van der Waals surface area (Å²) >= 11 is 0. The maximum atomic E-state index is 12.7. The third-order valence-electron chi connectivity index (χ3n) is 6.41. The molecule has 7 nitrogen and oxygen atoms in total. The average molecular weight is 453 g/mol. The molecule has 3 aromatic rings. The molecule has 0 radical (unpaired) electrons. The number of unbranched alkanes of at least 4 members (excludes halogenated alkanes) is 1. The lowest BCUT2D eigenvalue weighted by Crippen LogP contribution is -2.31. The topological polar surface area (TPSA) is 86.4 Å². The normalized spacial score (nSPS) is 14.5. The fourth-order valence-electron chi connectivity index (χ4n) is 4.47. The van der Waals surface area contributed by atoms with Crippen molar-refractivity contribution < 1.29 is 19.4 Å². The Bertz CT molecular complexity index is 1150. The molecular weight excluding hydrogens is 420 g/mol. The molecule has 0 unspecified atom stereocenters. The minimum atomic E-state index is -0.570. The monoisotopic (exact) mass is 452 g/mol. The summed E-state index contributed by atoms with van der Waals surface area (Å²) in [4.78, 5) is 17.5. The molecule has 0 saturated carbocycles. The standard InChI is InChI=1S/C26H32N2O5/c1-27(14-6-7-17-28-15-4-3-5-16-28)19-10-8-18(9-11-19)24-23(31)22(30)20-12-13-21(29)26(32-2)25(20)33-24/h8-13,29,31H,3-7,14-17H2,1-2H3. The highest BCUT2D eigenvalue weighted by atomic mass is 16.5. The Hall–Kier alpha value is -3.19. The molecule has 1 fully saturated rings. The third-order valence-corrected chi connectivity index (χ3v) is 6.41. The van der Waals surface area contributed by atoms with Crippen LogP contribution in [0, 0.1) is 0 Å². The first-order chi connectivity index (χ1) is 16.0. The maximum absolute atomic E-state index is 12.7. The van der Waals surface area contributed by atoms with E-state index < -0.39 is 11.2 Å². The van der Waals surface area contributed by atoms with Crippen molar-refractivity contribution in [3.63, 3.8) is 0 Å². The molecule has 1 aromatic heterocycles. The lowest BCUT2D eigenvalue weighted by Gasteiger charge is -2.27. The Labute approximate surface area is 193 Å². The largest absolute Gasteiger partial charge is 0.504 e. The third kappa shape index (κ3) is 4.93. The van der Waals surface area contributed by atoms with Crippen LogP contribution in [0.4, 0.5) is 5.69 Å². The molecule has 7 heteroatoms. The summed E-state index contributed by atoms with van der Waals surface area (Å²) < 4.78 is 11.1. The van der Waals surface area contributed by atoms with E-state index >= 15 is 0 Å². The summed E-state index contributed by atoms with van der Waals surface area (Å²) in [6.45, 7) is 4.60. The van der Waals surface area contributed by atoms with Crippen LogP contribution in [0.25, 0.3) is 22.3 Å². The molecule has 0 spiro atoms. The van der Waals surface area contributed by atoms with Gasteiger partial charge in [0, 0.05) is 24.8 Å². The number of hydrogen-bond acceptors (Lipinski definition) is 7. The first kappa shape index (κ1) is 23.0. The Kier molecular flexibility index (Phi) is 7.08. The van der Waals surface area contributed by atoms with E-state index in [0.29, 0.717) is 5.56 Å². The van der Waals surface area contributed by atoms with Crippen LogP contribution in [-0.2, 0) is 0 Å². The van der Waals surface area contributed by atoms with E-state index in [4.69, 9.17) is 9.15 Å². The fraction of sp³-hybridized carbons (Fsp3) is 0.423. The molecule has 2 N–H and O–H groups in total. The van der Waals surface area contributed by atoms with Crippen LogP contribution < -0.4 is 15.1 Å². The Morgan fingerprint density at radius 2 is 1.76 bits per heavy atom. The zero-order chi connectivity index (χ0) is 23.4. The lowest BCUT2D eigenvalue weighted by molar-refractivity contribution is 0.225. The number of hydrogen-bond donors (Lipinski definition) is 2. The second-order valence-electron chi connectivity index (χ2n) is 8.68. The van der Waals surface area contributed by atoms with E-state index in [1.165, 1.54) is 64.6 Å². The zero-order valence-electron chi connectivity index (χ0n) is 19.3. The molecule has 33 heavy (non-hydrogen) atoms. The SMILES string of the molecule is COc1c(O)ccc2c(=O)c(O)c(-c3ccc(N(C)CCCCN4CCCCC4)cc3)oc12. The van der Waals surface area contributed by atoms with Gasteiger partial charge in [0.05, 0.1) is 12.5 Å². The number of nitrogens with zero attached hydrogens (tertiary/aromatic N) is 2. The second kappa shape index (κ2) is 10.2. The van der Waals surface area contributed by atoms with Crippen LogP contribution in [0.5, 0.6) is 17.2 Å². The Morgan fingerprint density at radius 1 is 1.03 bits per heavy atom. The Morgan fingerprint density at radius 3 is 2.45 bits per heavy atom. The number of ether oxygens (including phenoxy) is 1. The summed E-state index contributed by atoms with van der Waals surface area (Å²) in [6.07, 6.45) is 6.33. The maximum Gasteiger partial charge on any atom is 0.235 e. The first-order valence-electron chi connectivity index (χ1n) is 11.6. The number of aromatic hydroxyl groups is 2. The quantitative estimate of drug-likeness (QED) is 0.484. The highest BCUT2D eigenvalue weighted by molar-refractivity contribution is 5.88. The summed E-state index contributed by atoms with van der Waals surface area (Å²) in [5.74, 6) is -0.491. The number of anilines is 1. The number of fused-ring (bicyclic) bond motifs is 1. The highest BCUT2D eigenvalue weighted by Gasteiger charge is 2.20. The van der Waals surface area contributed by atoms with Crippen molar-refractivity contribution in [3.05, 3.63) is 46.6 Å². The Balaban J connectivity index is 1.47. The van der Waals surface area contributed by atoms with Gasteiger partial charge in [-0.2, -0.15) is 0 Å². The van der Waals surface area contributed by atoms with Crippen LogP contribution in [-0.4, -0.2) is 55.4 Å². The predicted molar refractivity (Wildman–Crippen MR) is 131 cm³/mol. The number of benzene rings is 2. The summed E-state index contributed by atoms with van der Waals surface area (Å²) in [7, 11) is 3.45. The van der Waals surface area contributed by atoms with Gasteiger partial charge in [-0.3, -0.25) is 4.79 Å². The van der Waals surface area contributed by atoms with E-state index in [9.17, 15) is 15.0 Å². The second-order valence-corrected chi connectivity index (χ2v) is 8.68. The zero-order valence-corrected chi connectivity index (χ0v) is 19.3. The molecule has 1 aliphatic rings. The molecule has 2 heterocycles. The van der Waals surface area contributed by atoms with Crippen LogP contribution in [0.1, 0.15) is 32.1 Å². The predicted octanol–water partition coefficient (Wildman–Crippen LogP) is 4.58. The van der Waals surface area contributed by atoms with E-state index in [2.05, 4.69) is 16.8 Å². The fourth-order valence-corrected chi connectivity index (χ4v) is 4.47. The van der Waals surface area contributed by atoms with Crippen LogP contribution >= 0.6 is 0 Å². The minimum absolute atomic E-state index is 0.0483. The molecule has 4 rings (SSSR count). The van der Waals surface area contributed by atoms with Crippen molar-refractivity contribution in [2.45, 2.75) is 32.1 Å². The molecule has 0 bridgehead atoms. The van der Waals surface area contributed by atoms with Crippen molar-refractivity contribution in [2.24, 2.45) is 0 Å². The van der Waals surface area contributed by atoms with Crippen molar-refractivity contribution in [1.82, 2.24) is 4.90 Å². The van der Waals surface area contributed by atoms with Gasteiger partial charge in [-0.25, -0.2) is 0 Å². The van der Waals surface area contributed by atoms with E-state index in [1.807, 2.05) is 24.3 Å². The van der Waals surface area contributed by atoms with E-state index in [-0.39, 0.29) is 28.2 Å². The molecule has 2 aromatic carbocycles. The van der Waals surface area contributed by atoms with Crippen LogP contribution in [0.2, 0.25) is 0 Å². The average Bonchev–Trinajstić information content (AvgIpc) is 2.84. The van der Waals surface area contributed by atoms with Gasteiger partial charge >= 0.3 is 0 Å². The summed E-state index contributed by atoms with van der Waals surface area (Å²) in [5.41, 5.74) is 1.15. The number of phenols is 1. The van der Waals surface area contributed by atoms with Gasteiger partial charge in [-0.15, -0.1) is 0 Å². The molecule has 1 saturated heterocycles. The number of methoxy groups -OCH3 is 1. The minimum Gasteiger partial charge on any atom is -0.504 e. The van der Waals surface area contributed by atoms with E-state index in [0.717, 1.165) is 18.7 Å². The van der Waals surface area contributed by atoms with Crippen molar-refractivity contribution in [2.75, 3.05) is 45.2 Å². The molecule has 176 valence electrons.